The number of esters is 1. The van der Waals surface area contributed by atoms with Crippen molar-refractivity contribution in [2.24, 2.45) is 50.2 Å². The van der Waals surface area contributed by atoms with Crippen LogP contribution in [0.2, 0.25) is 0 Å². The number of aliphatic hydroxyl groups is 3. The van der Waals surface area contributed by atoms with E-state index in [9.17, 15) is 34.8 Å². The highest BCUT2D eigenvalue weighted by molar-refractivity contribution is 5.94. The average molecular weight is 709 g/mol. The molecule has 1 aromatic carbocycles. The van der Waals surface area contributed by atoms with Crippen LogP contribution in [0.4, 0.5) is 0 Å². The number of hydrogen-bond acceptors (Lipinski definition) is 8. The van der Waals surface area contributed by atoms with Crippen LogP contribution in [0.5, 0.6) is 5.75 Å². The number of nitrogens with one attached hydrogen (secondary N) is 2. The molecule has 5 aliphatic carbocycles. The molecule has 6 rings (SSSR count). The van der Waals surface area contributed by atoms with E-state index in [2.05, 4.69) is 37.5 Å². The zero-order valence-electron chi connectivity index (χ0n) is 31.4. The molecule has 2 amide bonds. The van der Waals surface area contributed by atoms with Gasteiger partial charge in [0.1, 0.15) is 5.75 Å². The summed E-state index contributed by atoms with van der Waals surface area (Å²) in [6.45, 7) is 11.6. The molecule has 10 nitrogen and oxygen atoms in total. The van der Waals surface area contributed by atoms with E-state index < -0.39 is 28.5 Å². The lowest BCUT2D eigenvalue weighted by Crippen LogP contribution is -2.68. The van der Waals surface area contributed by atoms with Crippen LogP contribution in [0.1, 0.15) is 109 Å². The second-order valence-electron chi connectivity index (χ2n) is 18.1. The molecule has 4 fully saturated rings. The molecular formula is C41H60N2O8. The molecule has 11 atom stereocenters. The Kier molecular flexibility index (Phi) is 9.76. The number of ether oxygens (including phenoxy) is 1. The van der Waals surface area contributed by atoms with Gasteiger partial charge in [0, 0.05) is 24.1 Å². The number of hydrogen-bond donors (Lipinski definition) is 6. The topological polar surface area (TPSA) is 165 Å². The second kappa shape index (κ2) is 13.2. The third-order valence-electron chi connectivity index (χ3n) is 15.7. The maximum Gasteiger partial charge on any atom is 0.311 e. The first-order valence-corrected chi connectivity index (χ1v) is 19.1. The molecule has 51 heavy (non-hydrogen) atoms. The summed E-state index contributed by atoms with van der Waals surface area (Å²) in [7, 11) is 1.44. The molecular weight excluding hydrogens is 648 g/mol. The van der Waals surface area contributed by atoms with Gasteiger partial charge in [-0.3, -0.25) is 14.4 Å². The van der Waals surface area contributed by atoms with Crippen molar-refractivity contribution in [3.05, 3.63) is 41.5 Å². The van der Waals surface area contributed by atoms with Crippen molar-refractivity contribution < 1.29 is 39.5 Å². The number of amides is 2. The first-order chi connectivity index (χ1) is 24.0. The number of phenolic OH excluding ortho intramolecular Hbond substituents is 1. The van der Waals surface area contributed by atoms with Crippen LogP contribution in [0.25, 0.3) is 0 Å². The Bertz CT molecular complexity index is 1560. The molecule has 5 aliphatic rings. The first kappa shape index (κ1) is 37.8. The van der Waals surface area contributed by atoms with Gasteiger partial charge in [0.2, 0.25) is 5.91 Å². The van der Waals surface area contributed by atoms with Crippen molar-refractivity contribution >= 4 is 17.8 Å². The lowest BCUT2D eigenvalue weighted by molar-refractivity contribution is -0.243. The van der Waals surface area contributed by atoms with Gasteiger partial charge in [-0.2, -0.15) is 0 Å². The maximum atomic E-state index is 14.5. The van der Waals surface area contributed by atoms with Crippen LogP contribution in [0, 0.1) is 50.2 Å². The number of benzene rings is 1. The van der Waals surface area contributed by atoms with Crippen LogP contribution in [0.15, 0.2) is 35.9 Å². The zero-order valence-corrected chi connectivity index (χ0v) is 31.4. The van der Waals surface area contributed by atoms with E-state index in [-0.39, 0.29) is 64.1 Å². The third kappa shape index (κ3) is 5.65. The molecule has 0 spiro atoms. The van der Waals surface area contributed by atoms with Crippen molar-refractivity contribution in [1.82, 2.24) is 10.6 Å². The van der Waals surface area contributed by atoms with E-state index in [0.717, 1.165) is 25.7 Å². The highest BCUT2D eigenvalue weighted by Gasteiger charge is 2.71. The predicted molar refractivity (Wildman–Crippen MR) is 192 cm³/mol. The standard InChI is InChI=1S/C41H60N2O8/c1-36(35(50)51-6)16-18-41(34(49)43-21-7-20-42-33(48)25-8-10-26(45)11-9-25)19-17-39(4)27(28(41)22-36)12-13-31-37(2)23-29(46)32(47)38(3,24-44)30(37)14-15-40(31,39)5/h8-12,28-32,44-47H,7,13-24H2,1-6H3,(H,42,48)(H,43,49)/t28?,29-,30?,31?,32-,36-,37-,38-,39+,40+,41-/m0/s1. The van der Waals surface area contributed by atoms with Crippen molar-refractivity contribution in [3.63, 3.8) is 0 Å². The van der Waals surface area contributed by atoms with E-state index in [1.54, 1.807) is 12.1 Å². The fraction of sp³-hybridized carbons (Fsp3) is 0.732. The molecule has 4 saturated carbocycles. The number of carbonyl (C=O) groups excluding carboxylic acids is 3. The highest BCUT2D eigenvalue weighted by Crippen LogP contribution is 2.75. The van der Waals surface area contributed by atoms with Crippen LogP contribution in [-0.4, -0.2) is 77.2 Å². The van der Waals surface area contributed by atoms with E-state index in [1.165, 1.54) is 24.8 Å². The fourth-order valence-electron chi connectivity index (χ4n) is 12.4. The monoisotopic (exact) mass is 708 g/mol. The van der Waals surface area contributed by atoms with Gasteiger partial charge in [-0.15, -0.1) is 0 Å². The van der Waals surface area contributed by atoms with Crippen molar-refractivity contribution in [2.75, 3.05) is 26.8 Å². The van der Waals surface area contributed by atoms with Crippen molar-refractivity contribution in [2.45, 2.75) is 111 Å². The SMILES string of the molecule is COC(=O)[C@@]1(C)CC[C@]2(C(=O)NCCCNC(=O)c3ccc(O)cc3)CC[C@]3(C)C(=CCC4[C@@]5(C)C[C@H](O)[C@H](O)[C@@](C)(CO)C5CC[C@]43C)C2C1. The summed E-state index contributed by atoms with van der Waals surface area (Å²) in [6, 6.07) is 6.08. The number of phenols is 1. The Hall–Kier alpha value is -2.95. The molecule has 0 aromatic heterocycles. The summed E-state index contributed by atoms with van der Waals surface area (Å²) >= 11 is 0. The van der Waals surface area contributed by atoms with Gasteiger partial charge in [-0.1, -0.05) is 39.3 Å². The Morgan fingerprint density at radius 1 is 0.882 bits per heavy atom. The molecule has 10 heteroatoms. The minimum Gasteiger partial charge on any atom is -0.508 e. The lowest BCUT2D eigenvalue weighted by Gasteiger charge is -2.71. The Morgan fingerprint density at radius 3 is 2.22 bits per heavy atom. The Balaban J connectivity index is 1.26. The fourth-order valence-corrected chi connectivity index (χ4v) is 12.4. The Morgan fingerprint density at radius 2 is 1.55 bits per heavy atom. The molecule has 282 valence electrons. The first-order valence-electron chi connectivity index (χ1n) is 19.1. The lowest BCUT2D eigenvalue weighted by atomic mass is 9.33. The van der Waals surface area contributed by atoms with E-state index in [1.807, 2.05) is 13.8 Å². The number of allylic oxidation sites excluding steroid dienone is 2. The van der Waals surface area contributed by atoms with Crippen molar-refractivity contribution in [1.29, 1.82) is 0 Å². The number of aromatic hydroxyl groups is 1. The van der Waals surface area contributed by atoms with Crippen LogP contribution in [-0.2, 0) is 14.3 Å². The van der Waals surface area contributed by atoms with Crippen LogP contribution >= 0.6 is 0 Å². The van der Waals surface area contributed by atoms with Crippen LogP contribution in [0.3, 0.4) is 0 Å². The van der Waals surface area contributed by atoms with Gasteiger partial charge in [0.05, 0.1) is 36.8 Å². The van der Waals surface area contributed by atoms with E-state index in [0.29, 0.717) is 57.2 Å². The summed E-state index contributed by atoms with van der Waals surface area (Å²) in [5, 5.41) is 48.6. The summed E-state index contributed by atoms with van der Waals surface area (Å²) in [6.07, 6.45) is 7.28. The van der Waals surface area contributed by atoms with Crippen LogP contribution < -0.4 is 10.6 Å². The molecule has 0 saturated heterocycles. The van der Waals surface area contributed by atoms with Crippen molar-refractivity contribution in [3.8, 4) is 5.75 Å². The second-order valence-corrected chi connectivity index (χ2v) is 18.1. The molecule has 6 N–H and O–H groups in total. The summed E-state index contributed by atoms with van der Waals surface area (Å²) in [4.78, 5) is 40.3. The van der Waals surface area contributed by atoms with Gasteiger partial charge in [0.15, 0.2) is 0 Å². The van der Waals surface area contributed by atoms with Gasteiger partial charge in [0.25, 0.3) is 5.91 Å². The largest absolute Gasteiger partial charge is 0.508 e. The highest BCUT2D eigenvalue weighted by atomic mass is 16.5. The number of methoxy groups -OCH3 is 1. The number of fused-ring (bicyclic) bond motifs is 7. The molecule has 0 heterocycles. The molecule has 3 unspecified atom stereocenters. The number of carbonyl (C=O) groups is 3. The summed E-state index contributed by atoms with van der Waals surface area (Å²) < 4.78 is 5.33. The summed E-state index contributed by atoms with van der Waals surface area (Å²) in [5.74, 6) is -0.244. The third-order valence-corrected chi connectivity index (χ3v) is 15.7. The maximum absolute atomic E-state index is 14.5. The minimum atomic E-state index is -0.974. The van der Waals surface area contributed by atoms with E-state index in [4.69, 9.17) is 4.74 Å². The Labute approximate surface area is 302 Å². The van der Waals surface area contributed by atoms with Gasteiger partial charge in [-0.05, 0) is 129 Å². The molecule has 0 radical (unpaired) electrons. The quantitative estimate of drug-likeness (QED) is 0.126. The number of aliphatic hydroxyl groups excluding tert-OH is 3. The van der Waals surface area contributed by atoms with E-state index >= 15 is 0 Å². The minimum absolute atomic E-state index is 0.0123. The average Bonchev–Trinajstić information content (AvgIpc) is 3.10. The summed E-state index contributed by atoms with van der Waals surface area (Å²) in [5.41, 5.74) is -1.14. The normalized spacial score (nSPS) is 42.9. The smallest absolute Gasteiger partial charge is 0.311 e. The van der Waals surface area contributed by atoms with Gasteiger partial charge >= 0.3 is 5.97 Å². The number of rotatable bonds is 8. The molecule has 1 aromatic rings. The van der Waals surface area contributed by atoms with Gasteiger partial charge in [-0.25, -0.2) is 0 Å². The zero-order chi connectivity index (χ0) is 37.2. The van der Waals surface area contributed by atoms with Gasteiger partial charge < -0.3 is 35.8 Å². The predicted octanol–water partition coefficient (Wildman–Crippen LogP) is 4.89. The molecule has 0 bridgehead atoms. The molecule has 0 aliphatic heterocycles.